The molecule has 1 aliphatic heterocycles. The molecular formula is C19H26N2O5. The number of nitrogens with one attached hydrogen (secondary N) is 1. The number of benzene rings is 1. The monoisotopic (exact) mass is 362 g/mol. The molecule has 1 aromatic carbocycles. The second-order valence-electron chi connectivity index (χ2n) is 7.08. The highest BCUT2D eigenvalue weighted by atomic mass is 16.5. The quantitative estimate of drug-likeness (QED) is 0.568. The van der Waals surface area contributed by atoms with E-state index in [1.54, 1.807) is 19.1 Å². The Hall–Kier alpha value is -2.57. The van der Waals surface area contributed by atoms with Crippen LogP contribution in [0.2, 0.25) is 0 Å². The summed E-state index contributed by atoms with van der Waals surface area (Å²) in [4.78, 5) is 38.5. The molecule has 0 bridgehead atoms. The predicted octanol–water partition coefficient (Wildman–Crippen LogP) is 2.63. The summed E-state index contributed by atoms with van der Waals surface area (Å²) in [6.45, 7) is 5.51. The molecule has 142 valence electrons. The van der Waals surface area contributed by atoms with E-state index in [-0.39, 0.29) is 18.2 Å². The topological polar surface area (TPSA) is 84.9 Å². The highest BCUT2D eigenvalue weighted by Crippen LogP contribution is 2.29. The van der Waals surface area contributed by atoms with Crippen LogP contribution < -0.4 is 14.8 Å². The smallest absolute Gasteiger partial charge is 0.325 e. The van der Waals surface area contributed by atoms with E-state index >= 15 is 0 Å². The van der Waals surface area contributed by atoms with Gasteiger partial charge in [0.05, 0.1) is 20.8 Å². The van der Waals surface area contributed by atoms with E-state index in [2.05, 4.69) is 19.2 Å². The molecule has 0 radical (unpaired) electrons. The third-order valence-electron chi connectivity index (χ3n) is 4.57. The fourth-order valence-corrected chi connectivity index (χ4v) is 2.88. The Morgan fingerprint density at radius 1 is 1.19 bits per heavy atom. The molecule has 1 aliphatic rings. The summed E-state index contributed by atoms with van der Waals surface area (Å²) in [5.41, 5.74) is -0.613. The van der Waals surface area contributed by atoms with Gasteiger partial charge in [-0.2, -0.15) is 0 Å². The lowest BCUT2D eigenvalue weighted by Gasteiger charge is -2.22. The lowest BCUT2D eigenvalue weighted by atomic mass is 9.92. The van der Waals surface area contributed by atoms with Gasteiger partial charge in [-0.25, -0.2) is 4.79 Å². The van der Waals surface area contributed by atoms with Crippen molar-refractivity contribution in [2.45, 2.75) is 39.2 Å². The molecular weight excluding hydrogens is 336 g/mol. The highest BCUT2D eigenvalue weighted by molar-refractivity contribution is 6.11. The summed E-state index contributed by atoms with van der Waals surface area (Å²) >= 11 is 0. The van der Waals surface area contributed by atoms with Crippen LogP contribution in [0.15, 0.2) is 18.2 Å². The largest absolute Gasteiger partial charge is 0.493 e. The van der Waals surface area contributed by atoms with Crippen molar-refractivity contribution < 1.29 is 23.9 Å². The molecule has 26 heavy (non-hydrogen) atoms. The summed E-state index contributed by atoms with van der Waals surface area (Å²) in [5, 5.41) is 2.72. The number of rotatable bonds is 8. The molecule has 1 atom stereocenters. The van der Waals surface area contributed by atoms with Gasteiger partial charge in [0.2, 0.25) is 0 Å². The third-order valence-corrected chi connectivity index (χ3v) is 4.57. The van der Waals surface area contributed by atoms with Crippen LogP contribution in [0.4, 0.5) is 4.79 Å². The molecule has 1 heterocycles. The normalized spacial score (nSPS) is 19.7. The number of methoxy groups -OCH3 is 2. The lowest BCUT2D eigenvalue weighted by Crippen LogP contribution is -2.44. The molecule has 1 saturated heterocycles. The molecule has 0 aromatic heterocycles. The number of ketones is 1. The first-order valence-electron chi connectivity index (χ1n) is 8.61. The first kappa shape index (κ1) is 19.8. The number of ether oxygens (including phenoxy) is 2. The average Bonchev–Trinajstić information content (AvgIpc) is 2.82. The number of urea groups is 1. The number of hydrogen-bond donors (Lipinski definition) is 1. The molecule has 1 aromatic rings. The molecule has 1 N–H and O–H groups in total. The minimum absolute atomic E-state index is 0.308. The lowest BCUT2D eigenvalue weighted by molar-refractivity contribution is -0.130. The third kappa shape index (κ3) is 3.98. The standard InChI is InChI=1S/C19H26N2O5/c1-12(2)8-9-19(3)17(23)21(18(24)20-19)11-14(22)13-6-7-15(25-4)16(10-13)26-5/h6-7,10,12H,8-9,11H2,1-5H3,(H,20,24)/t19-/m1/s1. The minimum atomic E-state index is -0.959. The van der Waals surface area contributed by atoms with E-state index in [1.165, 1.54) is 20.3 Å². The van der Waals surface area contributed by atoms with E-state index < -0.39 is 11.6 Å². The van der Waals surface area contributed by atoms with Crippen LogP contribution in [-0.4, -0.2) is 48.9 Å². The molecule has 2 rings (SSSR count). The van der Waals surface area contributed by atoms with Gasteiger partial charge in [-0.05, 0) is 43.9 Å². The maximum absolute atomic E-state index is 12.7. The fraction of sp³-hybridized carbons (Fsp3) is 0.526. The number of carbonyl (C=O) groups is 3. The van der Waals surface area contributed by atoms with Crippen molar-refractivity contribution in [3.05, 3.63) is 23.8 Å². The van der Waals surface area contributed by atoms with Crippen LogP contribution in [-0.2, 0) is 4.79 Å². The van der Waals surface area contributed by atoms with Gasteiger partial charge in [0.1, 0.15) is 5.54 Å². The highest BCUT2D eigenvalue weighted by Gasteiger charge is 2.47. The Morgan fingerprint density at radius 2 is 1.85 bits per heavy atom. The first-order valence-corrected chi connectivity index (χ1v) is 8.61. The number of imide groups is 1. The molecule has 7 nitrogen and oxygen atoms in total. The molecule has 0 unspecified atom stereocenters. The first-order chi connectivity index (χ1) is 12.2. The fourth-order valence-electron chi connectivity index (χ4n) is 2.88. The number of hydrogen-bond acceptors (Lipinski definition) is 5. The van der Waals surface area contributed by atoms with Crippen LogP contribution in [0, 0.1) is 5.92 Å². The van der Waals surface area contributed by atoms with Crippen LogP contribution in [0.25, 0.3) is 0 Å². The Bertz CT molecular complexity index is 716. The minimum Gasteiger partial charge on any atom is -0.493 e. The molecule has 0 saturated carbocycles. The van der Waals surface area contributed by atoms with Crippen molar-refractivity contribution in [3.8, 4) is 11.5 Å². The van der Waals surface area contributed by atoms with Gasteiger partial charge >= 0.3 is 6.03 Å². The molecule has 0 aliphatic carbocycles. The van der Waals surface area contributed by atoms with Gasteiger partial charge < -0.3 is 14.8 Å². The predicted molar refractivity (Wildman–Crippen MR) is 96.6 cm³/mol. The van der Waals surface area contributed by atoms with E-state index in [4.69, 9.17) is 9.47 Å². The molecule has 7 heteroatoms. The number of amides is 3. The zero-order chi connectivity index (χ0) is 19.5. The van der Waals surface area contributed by atoms with Crippen LogP contribution in [0.5, 0.6) is 11.5 Å². The zero-order valence-corrected chi connectivity index (χ0v) is 15.9. The Morgan fingerprint density at radius 3 is 2.42 bits per heavy atom. The van der Waals surface area contributed by atoms with Crippen molar-refractivity contribution in [3.63, 3.8) is 0 Å². The van der Waals surface area contributed by atoms with E-state index in [0.717, 1.165) is 11.3 Å². The average molecular weight is 362 g/mol. The summed E-state index contributed by atoms with van der Waals surface area (Å²) in [7, 11) is 2.98. The Kier molecular flexibility index (Phi) is 5.90. The second kappa shape index (κ2) is 7.76. The van der Waals surface area contributed by atoms with Gasteiger partial charge in [0.15, 0.2) is 17.3 Å². The van der Waals surface area contributed by atoms with Crippen molar-refractivity contribution in [1.82, 2.24) is 10.2 Å². The molecule has 0 spiro atoms. The van der Waals surface area contributed by atoms with Crippen LogP contribution >= 0.6 is 0 Å². The van der Waals surface area contributed by atoms with E-state index in [0.29, 0.717) is 29.4 Å². The maximum Gasteiger partial charge on any atom is 0.325 e. The molecule has 1 fully saturated rings. The molecule has 3 amide bonds. The van der Waals surface area contributed by atoms with Gasteiger partial charge in [0.25, 0.3) is 5.91 Å². The summed E-state index contributed by atoms with van der Waals surface area (Å²) in [5.74, 6) is 0.621. The van der Waals surface area contributed by atoms with Crippen LogP contribution in [0.1, 0.15) is 44.0 Å². The van der Waals surface area contributed by atoms with Crippen LogP contribution in [0.3, 0.4) is 0 Å². The van der Waals surface area contributed by atoms with Gasteiger partial charge in [-0.3, -0.25) is 14.5 Å². The van der Waals surface area contributed by atoms with E-state index in [1.807, 2.05) is 0 Å². The van der Waals surface area contributed by atoms with Gasteiger partial charge in [-0.1, -0.05) is 13.8 Å². The summed E-state index contributed by atoms with van der Waals surface area (Å²) in [6.07, 6.45) is 1.34. The van der Waals surface area contributed by atoms with E-state index in [9.17, 15) is 14.4 Å². The van der Waals surface area contributed by atoms with Crippen molar-refractivity contribution >= 4 is 17.7 Å². The number of Topliss-reactive ketones (excluding diaryl/α,β-unsaturated/α-hetero) is 1. The Labute approximate surface area is 153 Å². The second-order valence-corrected chi connectivity index (χ2v) is 7.08. The zero-order valence-electron chi connectivity index (χ0n) is 15.9. The summed E-state index contributed by atoms with van der Waals surface area (Å²) in [6, 6.07) is 4.21. The Balaban J connectivity index is 2.14. The maximum atomic E-state index is 12.7. The number of carbonyl (C=O) groups excluding carboxylic acids is 3. The number of nitrogens with zero attached hydrogens (tertiary/aromatic N) is 1. The van der Waals surface area contributed by atoms with Gasteiger partial charge in [-0.15, -0.1) is 0 Å². The summed E-state index contributed by atoms with van der Waals surface area (Å²) < 4.78 is 10.3. The van der Waals surface area contributed by atoms with Crippen molar-refractivity contribution in [1.29, 1.82) is 0 Å². The van der Waals surface area contributed by atoms with Crippen molar-refractivity contribution in [2.24, 2.45) is 5.92 Å². The van der Waals surface area contributed by atoms with Gasteiger partial charge in [0, 0.05) is 5.56 Å². The van der Waals surface area contributed by atoms with Crippen molar-refractivity contribution in [2.75, 3.05) is 20.8 Å². The SMILES string of the molecule is COc1ccc(C(=O)CN2C(=O)N[C@](C)(CCC(C)C)C2=O)cc1OC.